The average Bonchev–Trinajstić information content (AvgIpc) is 2.69. The van der Waals surface area contributed by atoms with Gasteiger partial charge in [0, 0.05) is 10.9 Å². The number of aromatic nitrogens is 1. The van der Waals surface area contributed by atoms with Crippen molar-refractivity contribution in [3.63, 3.8) is 0 Å². The molecule has 0 aliphatic heterocycles. The lowest BCUT2D eigenvalue weighted by atomic mass is 10.1. The number of aromatic amines is 1. The molecule has 0 spiro atoms. The van der Waals surface area contributed by atoms with Crippen LogP contribution in [0.1, 0.15) is 28.5 Å². The van der Waals surface area contributed by atoms with Crippen molar-refractivity contribution >= 4 is 16.9 Å². The number of ether oxygens (including phenoxy) is 1. The van der Waals surface area contributed by atoms with Crippen LogP contribution in [0.5, 0.6) is 0 Å². The van der Waals surface area contributed by atoms with Gasteiger partial charge in [0.2, 0.25) is 0 Å². The molecule has 0 aliphatic carbocycles. The molecule has 1 heterocycles. The van der Waals surface area contributed by atoms with Crippen LogP contribution in [0.2, 0.25) is 0 Å². The van der Waals surface area contributed by atoms with Crippen molar-refractivity contribution in [1.82, 2.24) is 4.98 Å². The first-order chi connectivity index (χ1) is 7.63. The third-order valence-corrected chi connectivity index (χ3v) is 2.84. The maximum atomic E-state index is 11.6. The van der Waals surface area contributed by atoms with E-state index >= 15 is 0 Å². The molecule has 0 bridgehead atoms. The van der Waals surface area contributed by atoms with Crippen molar-refractivity contribution in [2.75, 3.05) is 6.61 Å². The molecule has 1 aromatic heterocycles. The molecular formula is C13H15NO2. The zero-order chi connectivity index (χ0) is 11.7. The Labute approximate surface area is 94.4 Å². The number of H-pyrrole nitrogens is 1. The van der Waals surface area contributed by atoms with E-state index in [1.165, 1.54) is 11.1 Å². The van der Waals surface area contributed by atoms with Crippen LogP contribution < -0.4 is 0 Å². The van der Waals surface area contributed by atoms with Gasteiger partial charge in [-0.3, -0.25) is 0 Å². The summed E-state index contributed by atoms with van der Waals surface area (Å²) in [4.78, 5) is 14.6. The average molecular weight is 217 g/mol. The Morgan fingerprint density at radius 1 is 1.38 bits per heavy atom. The molecule has 3 nitrogen and oxygen atoms in total. The van der Waals surface area contributed by atoms with Gasteiger partial charge in [-0.1, -0.05) is 6.07 Å². The number of benzene rings is 1. The van der Waals surface area contributed by atoms with Gasteiger partial charge < -0.3 is 9.72 Å². The molecule has 3 heteroatoms. The Morgan fingerprint density at radius 3 is 2.81 bits per heavy atom. The van der Waals surface area contributed by atoms with Gasteiger partial charge in [-0.25, -0.2) is 4.79 Å². The number of carbonyl (C=O) groups is 1. The van der Waals surface area contributed by atoms with E-state index in [1.807, 2.05) is 18.2 Å². The van der Waals surface area contributed by atoms with Gasteiger partial charge in [-0.2, -0.15) is 0 Å². The smallest absolute Gasteiger partial charge is 0.354 e. The first-order valence-corrected chi connectivity index (χ1v) is 5.39. The van der Waals surface area contributed by atoms with Crippen LogP contribution in [0.15, 0.2) is 18.2 Å². The number of hydrogen-bond acceptors (Lipinski definition) is 2. The maximum Gasteiger partial charge on any atom is 0.354 e. The zero-order valence-electron chi connectivity index (χ0n) is 9.76. The van der Waals surface area contributed by atoms with Gasteiger partial charge >= 0.3 is 5.97 Å². The van der Waals surface area contributed by atoms with Crippen molar-refractivity contribution in [3.05, 3.63) is 35.0 Å². The standard InChI is InChI=1S/C13H15NO2/c1-4-16-13(15)12-7-10-9(3)8(2)5-6-11(10)14-12/h5-7,14H,4H2,1-3H3. The second-order valence-corrected chi connectivity index (χ2v) is 3.87. The third kappa shape index (κ3) is 1.69. The fraction of sp³-hybridized carbons (Fsp3) is 0.308. The van der Waals surface area contributed by atoms with Gasteiger partial charge in [0.05, 0.1) is 6.61 Å². The highest BCUT2D eigenvalue weighted by Crippen LogP contribution is 2.22. The van der Waals surface area contributed by atoms with Crippen molar-refractivity contribution in [2.24, 2.45) is 0 Å². The first kappa shape index (κ1) is 10.7. The quantitative estimate of drug-likeness (QED) is 0.786. The Hall–Kier alpha value is -1.77. The lowest BCUT2D eigenvalue weighted by molar-refractivity contribution is 0.0520. The van der Waals surface area contributed by atoms with Gasteiger partial charge in [-0.15, -0.1) is 0 Å². The van der Waals surface area contributed by atoms with Crippen LogP contribution in [0.25, 0.3) is 10.9 Å². The van der Waals surface area contributed by atoms with Crippen molar-refractivity contribution in [3.8, 4) is 0 Å². The van der Waals surface area contributed by atoms with Crippen LogP contribution in [0.3, 0.4) is 0 Å². The highest BCUT2D eigenvalue weighted by atomic mass is 16.5. The summed E-state index contributed by atoms with van der Waals surface area (Å²) in [6, 6.07) is 5.89. The monoisotopic (exact) mass is 217 g/mol. The van der Waals surface area contributed by atoms with Crippen molar-refractivity contribution in [2.45, 2.75) is 20.8 Å². The molecule has 2 aromatic rings. The minimum absolute atomic E-state index is 0.296. The molecule has 84 valence electrons. The Kier molecular flexibility index (Phi) is 2.69. The predicted molar refractivity (Wildman–Crippen MR) is 63.7 cm³/mol. The molecule has 16 heavy (non-hydrogen) atoms. The molecule has 0 unspecified atom stereocenters. The summed E-state index contributed by atoms with van der Waals surface area (Å²) in [7, 11) is 0. The molecule has 1 aromatic carbocycles. The summed E-state index contributed by atoms with van der Waals surface area (Å²) < 4.78 is 4.96. The van der Waals surface area contributed by atoms with E-state index in [2.05, 4.69) is 18.8 Å². The summed E-state index contributed by atoms with van der Waals surface area (Å²) in [5, 5.41) is 1.09. The van der Waals surface area contributed by atoms with Gasteiger partial charge in [0.1, 0.15) is 5.69 Å². The number of nitrogens with one attached hydrogen (secondary N) is 1. The van der Waals surface area contributed by atoms with E-state index in [0.29, 0.717) is 12.3 Å². The number of carbonyl (C=O) groups excluding carboxylic acids is 1. The number of rotatable bonds is 2. The number of esters is 1. The number of hydrogen-bond donors (Lipinski definition) is 1. The van der Waals surface area contributed by atoms with Crippen LogP contribution in [-0.4, -0.2) is 17.6 Å². The van der Waals surface area contributed by atoms with Crippen LogP contribution in [0, 0.1) is 13.8 Å². The minimum atomic E-state index is -0.296. The Morgan fingerprint density at radius 2 is 2.12 bits per heavy atom. The first-order valence-electron chi connectivity index (χ1n) is 5.39. The molecule has 0 amide bonds. The molecule has 0 atom stereocenters. The highest BCUT2D eigenvalue weighted by molar-refractivity contribution is 5.96. The molecule has 0 radical (unpaired) electrons. The van der Waals surface area contributed by atoms with Gasteiger partial charge in [0.15, 0.2) is 0 Å². The third-order valence-electron chi connectivity index (χ3n) is 2.84. The fourth-order valence-electron chi connectivity index (χ4n) is 1.78. The van der Waals surface area contributed by atoms with E-state index in [0.717, 1.165) is 10.9 Å². The lowest BCUT2D eigenvalue weighted by Crippen LogP contribution is -2.04. The van der Waals surface area contributed by atoms with Gasteiger partial charge in [0.25, 0.3) is 0 Å². The summed E-state index contributed by atoms with van der Waals surface area (Å²) in [5.74, 6) is -0.296. The van der Waals surface area contributed by atoms with Crippen molar-refractivity contribution < 1.29 is 9.53 Å². The summed E-state index contributed by atoms with van der Waals surface area (Å²) in [6.07, 6.45) is 0. The molecule has 0 fully saturated rings. The molecule has 0 aliphatic rings. The van der Waals surface area contributed by atoms with E-state index in [-0.39, 0.29) is 5.97 Å². The molecule has 2 rings (SSSR count). The lowest BCUT2D eigenvalue weighted by Gasteiger charge is -1.99. The van der Waals surface area contributed by atoms with E-state index in [1.54, 1.807) is 6.92 Å². The molecular weight excluding hydrogens is 202 g/mol. The van der Waals surface area contributed by atoms with E-state index in [9.17, 15) is 4.79 Å². The highest BCUT2D eigenvalue weighted by Gasteiger charge is 2.11. The van der Waals surface area contributed by atoms with Crippen LogP contribution >= 0.6 is 0 Å². The molecule has 1 N–H and O–H groups in total. The SMILES string of the molecule is CCOC(=O)c1cc2c(C)c(C)ccc2[nH]1. The minimum Gasteiger partial charge on any atom is -0.461 e. The van der Waals surface area contributed by atoms with Gasteiger partial charge in [-0.05, 0) is 44.0 Å². The second-order valence-electron chi connectivity index (χ2n) is 3.87. The topological polar surface area (TPSA) is 42.1 Å². The normalized spacial score (nSPS) is 10.7. The summed E-state index contributed by atoms with van der Waals surface area (Å²) in [5.41, 5.74) is 3.92. The number of fused-ring (bicyclic) bond motifs is 1. The number of aryl methyl sites for hydroxylation is 2. The Balaban J connectivity index is 2.52. The Bertz CT molecular complexity index is 540. The second kappa shape index (κ2) is 4.00. The summed E-state index contributed by atoms with van der Waals surface area (Å²) >= 11 is 0. The van der Waals surface area contributed by atoms with Crippen LogP contribution in [0.4, 0.5) is 0 Å². The predicted octanol–water partition coefficient (Wildman–Crippen LogP) is 2.96. The maximum absolute atomic E-state index is 11.6. The van der Waals surface area contributed by atoms with E-state index in [4.69, 9.17) is 4.74 Å². The molecule has 0 saturated carbocycles. The fourth-order valence-corrected chi connectivity index (χ4v) is 1.78. The van der Waals surface area contributed by atoms with Crippen molar-refractivity contribution in [1.29, 1.82) is 0 Å². The largest absolute Gasteiger partial charge is 0.461 e. The van der Waals surface area contributed by atoms with E-state index < -0.39 is 0 Å². The van der Waals surface area contributed by atoms with Crippen LogP contribution in [-0.2, 0) is 4.74 Å². The summed E-state index contributed by atoms with van der Waals surface area (Å²) in [6.45, 7) is 6.31. The molecule has 0 saturated heterocycles. The zero-order valence-corrected chi connectivity index (χ0v) is 9.76.